The van der Waals surface area contributed by atoms with Crippen LogP contribution in [0.15, 0.2) is 79.0 Å². The third-order valence-corrected chi connectivity index (χ3v) is 9.49. The Hall–Kier alpha value is -3.57. The number of nitrogens with zero attached hydrogens (tertiary/aromatic N) is 4. The summed E-state index contributed by atoms with van der Waals surface area (Å²) in [5, 5.41) is 3.75. The van der Waals surface area contributed by atoms with Gasteiger partial charge in [0.1, 0.15) is 17.9 Å². The molecule has 2 aliphatic carbocycles. The largest absolute Gasteiger partial charge is 0.301 e. The Morgan fingerprint density at radius 3 is 2.38 bits per heavy atom. The predicted molar refractivity (Wildman–Crippen MR) is 175 cm³/mol. The molecule has 0 aromatic heterocycles. The van der Waals surface area contributed by atoms with Crippen LogP contribution in [0.5, 0.6) is 0 Å². The van der Waals surface area contributed by atoms with Crippen LogP contribution in [-0.2, 0) is 14.9 Å². The van der Waals surface area contributed by atoms with Crippen LogP contribution in [0.4, 0.5) is 0 Å². The molecule has 42 heavy (non-hydrogen) atoms. The van der Waals surface area contributed by atoms with E-state index < -0.39 is 21.3 Å². The zero-order valence-electron chi connectivity index (χ0n) is 22.4. The zero-order chi connectivity index (χ0) is 28.7. The van der Waals surface area contributed by atoms with E-state index in [-0.39, 0.29) is 30.4 Å². The second kappa shape index (κ2) is 12.0. The lowest BCUT2D eigenvalue weighted by molar-refractivity contribution is -0.111. The highest BCUT2D eigenvalue weighted by atomic mass is 79.9. The van der Waals surface area contributed by atoms with Gasteiger partial charge in [0.05, 0.1) is 0 Å². The number of rotatable bonds is 3. The number of halogens is 2. The van der Waals surface area contributed by atoms with Gasteiger partial charge in [-0.05, 0) is 68.8 Å². The van der Waals surface area contributed by atoms with Crippen LogP contribution in [0.3, 0.4) is 0 Å². The molecule has 0 spiro atoms. The van der Waals surface area contributed by atoms with Crippen molar-refractivity contribution in [1.82, 2.24) is 0 Å². The molecule has 4 aliphatic rings. The van der Waals surface area contributed by atoms with E-state index in [4.69, 9.17) is 0 Å². The molecule has 1 amide bonds. The Labute approximate surface area is 257 Å². The number of carbonyl (C=O) groups excluding carboxylic acids is 1. The summed E-state index contributed by atoms with van der Waals surface area (Å²) >= 11 is 3.45. The van der Waals surface area contributed by atoms with Gasteiger partial charge in [-0.1, -0.05) is 83.6 Å². The quantitative estimate of drug-likeness (QED) is 0.402. The molecule has 0 radical (unpaired) electrons. The van der Waals surface area contributed by atoms with Crippen molar-refractivity contribution in [3.63, 3.8) is 0 Å². The molecule has 7 rings (SSSR count). The minimum absolute atomic E-state index is 0. The van der Waals surface area contributed by atoms with E-state index in [2.05, 4.69) is 79.3 Å². The minimum Gasteiger partial charge on any atom is -0.285 e. The lowest BCUT2D eigenvalue weighted by Crippen LogP contribution is -2.35. The molecule has 0 fully saturated rings. The van der Waals surface area contributed by atoms with Crippen LogP contribution in [0.1, 0.15) is 42.4 Å². The number of benzene rings is 3. The van der Waals surface area contributed by atoms with Gasteiger partial charge in [0.2, 0.25) is 0 Å². The summed E-state index contributed by atoms with van der Waals surface area (Å²) in [5.74, 6) is -0.00386. The molecule has 8 nitrogen and oxygen atoms in total. The van der Waals surface area contributed by atoms with Crippen LogP contribution in [0, 0.1) is 5.92 Å². The lowest BCUT2D eigenvalue weighted by atomic mass is 9.80. The fraction of sp³-hybridized carbons (Fsp3) is 0.194. The van der Waals surface area contributed by atoms with Gasteiger partial charge in [0.25, 0.3) is 10.1 Å². The van der Waals surface area contributed by atoms with E-state index in [1.165, 1.54) is 28.8 Å². The molecule has 1 N–H and O–H groups in total. The van der Waals surface area contributed by atoms with Crippen molar-refractivity contribution in [2.45, 2.75) is 30.9 Å². The van der Waals surface area contributed by atoms with E-state index in [1.54, 1.807) is 0 Å². The first-order valence-corrected chi connectivity index (χ1v) is 15.5. The van der Waals surface area contributed by atoms with Gasteiger partial charge in [0.15, 0.2) is 11.5 Å². The number of allylic oxidation sites excluding steroid dienone is 1. The van der Waals surface area contributed by atoms with Gasteiger partial charge < -0.3 is 0 Å². The summed E-state index contributed by atoms with van der Waals surface area (Å²) in [7, 11) is -4.21. The van der Waals surface area contributed by atoms with Crippen molar-refractivity contribution in [2.75, 3.05) is 0 Å². The SMILES string of the molecule is CCC1C=Cc2ccc3c4c(ccc3c2=C1)C(c1ccc(Br)cc1)C(S(=O)(=O)O)CC=4.Cl.O=C1N=CN=C2N=CN=C12. The van der Waals surface area contributed by atoms with Crippen molar-refractivity contribution in [3.8, 4) is 0 Å². The molecule has 2 heterocycles. The van der Waals surface area contributed by atoms with Crippen LogP contribution in [0.2, 0.25) is 0 Å². The fourth-order valence-electron chi connectivity index (χ4n) is 5.70. The average Bonchev–Trinajstić information content (AvgIpc) is 3.47. The molecule has 3 aromatic rings. The monoisotopic (exact) mass is 664 g/mol. The third-order valence-electron chi connectivity index (χ3n) is 7.74. The zero-order valence-corrected chi connectivity index (χ0v) is 25.6. The second-order valence-electron chi connectivity index (χ2n) is 10.1. The second-order valence-corrected chi connectivity index (χ2v) is 12.6. The van der Waals surface area contributed by atoms with Gasteiger partial charge in [-0.2, -0.15) is 13.4 Å². The van der Waals surface area contributed by atoms with Crippen molar-refractivity contribution >= 4 is 97.6 Å². The number of hydrogen-bond acceptors (Lipinski definition) is 6. The highest BCUT2D eigenvalue weighted by Gasteiger charge is 2.36. The number of carbonyl (C=O) groups is 1. The van der Waals surface area contributed by atoms with Crippen molar-refractivity contribution in [2.24, 2.45) is 25.9 Å². The van der Waals surface area contributed by atoms with E-state index in [0.717, 1.165) is 32.6 Å². The molecule has 0 saturated heterocycles. The Morgan fingerprint density at radius 1 is 0.952 bits per heavy atom. The number of amides is 1. The van der Waals surface area contributed by atoms with Crippen LogP contribution >= 0.6 is 28.3 Å². The Bertz CT molecular complexity index is 1980. The smallest absolute Gasteiger partial charge is 0.285 e. The van der Waals surface area contributed by atoms with Gasteiger partial charge >= 0.3 is 5.91 Å². The standard InChI is InChI=1S/C26H23BrO3S.C5H2N4O.ClH/c1-2-16-3-4-17-7-10-20-21-13-14-25(31(28,29)30)26(18-5-8-19(27)9-6-18)23(21)12-11-22(20)24(17)15-16;10-5-3-4(7-1-6-3)8-2-9-5;/h3-13,15-16,25-26H,2,14H2,1H3,(H,28,29,30);1-2H;1H. The summed E-state index contributed by atoms with van der Waals surface area (Å²) < 4.78 is 35.5. The number of aliphatic imine (C=N–C) groups is 4. The Morgan fingerprint density at radius 2 is 1.67 bits per heavy atom. The van der Waals surface area contributed by atoms with Gasteiger partial charge in [-0.25, -0.2) is 15.0 Å². The van der Waals surface area contributed by atoms with Crippen molar-refractivity contribution < 1.29 is 17.8 Å². The maximum absolute atomic E-state index is 12.3. The first kappa shape index (κ1) is 29.9. The molecular formula is C31H26BrClN4O4S. The summed E-state index contributed by atoms with van der Waals surface area (Å²) in [4.78, 5) is 25.3. The first-order chi connectivity index (χ1) is 19.7. The first-order valence-electron chi connectivity index (χ1n) is 13.2. The summed E-state index contributed by atoms with van der Waals surface area (Å²) in [5.41, 5.74) is 3.29. The summed E-state index contributed by atoms with van der Waals surface area (Å²) in [6.45, 7) is 2.19. The summed E-state index contributed by atoms with van der Waals surface area (Å²) in [6, 6.07) is 16.1. The predicted octanol–water partition coefficient (Wildman–Crippen LogP) is 4.87. The molecule has 214 valence electrons. The fourth-order valence-corrected chi connectivity index (χ4v) is 6.95. The van der Waals surface area contributed by atoms with E-state index in [0.29, 0.717) is 11.8 Å². The number of hydrogen-bond donors (Lipinski definition) is 1. The molecule has 0 bridgehead atoms. The Balaban J connectivity index is 0.000000270. The topological polar surface area (TPSA) is 121 Å². The Kier molecular flexibility index (Phi) is 8.52. The van der Waals surface area contributed by atoms with Crippen LogP contribution in [-0.4, -0.2) is 48.4 Å². The molecule has 3 unspecified atom stereocenters. The lowest BCUT2D eigenvalue weighted by Gasteiger charge is -2.29. The third kappa shape index (κ3) is 5.59. The van der Waals surface area contributed by atoms with Crippen molar-refractivity contribution in [1.29, 1.82) is 0 Å². The molecule has 3 atom stereocenters. The van der Waals surface area contributed by atoms with Crippen molar-refractivity contribution in [3.05, 3.63) is 86.2 Å². The average molecular weight is 666 g/mol. The molecule has 0 saturated carbocycles. The van der Waals surface area contributed by atoms with E-state index in [1.807, 2.05) is 36.4 Å². The highest BCUT2D eigenvalue weighted by Crippen LogP contribution is 2.36. The highest BCUT2D eigenvalue weighted by molar-refractivity contribution is 9.10. The molecule has 3 aromatic carbocycles. The van der Waals surface area contributed by atoms with Gasteiger partial charge in [-0.3, -0.25) is 9.35 Å². The molecular weight excluding hydrogens is 640 g/mol. The van der Waals surface area contributed by atoms with E-state index >= 15 is 0 Å². The van der Waals surface area contributed by atoms with Crippen LogP contribution < -0.4 is 10.4 Å². The van der Waals surface area contributed by atoms with Gasteiger partial charge in [-0.15, -0.1) is 12.4 Å². The maximum atomic E-state index is 12.3. The number of amidine groups is 1. The molecule has 11 heteroatoms. The minimum atomic E-state index is -4.21. The maximum Gasteiger partial charge on any atom is 0.301 e. The van der Waals surface area contributed by atoms with E-state index in [9.17, 15) is 17.8 Å². The summed E-state index contributed by atoms with van der Waals surface area (Å²) in [6.07, 6.45) is 12.6. The van der Waals surface area contributed by atoms with Gasteiger partial charge in [0, 0.05) is 10.4 Å². The molecule has 2 aliphatic heterocycles. The normalized spacial score (nSPS) is 21.4. The number of fused-ring (bicyclic) bond motifs is 6. The van der Waals surface area contributed by atoms with Crippen LogP contribution in [0.25, 0.3) is 29.0 Å².